The molecule has 1 N–H and O–H groups in total. The lowest BCUT2D eigenvalue weighted by Crippen LogP contribution is -2.26. The van der Waals surface area contributed by atoms with Gasteiger partial charge in [-0.05, 0) is 50.7 Å². The Morgan fingerprint density at radius 2 is 2.12 bits per heavy atom. The van der Waals surface area contributed by atoms with E-state index in [9.17, 15) is 4.79 Å². The summed E-state index contributed by atoms with van der Waals surface area (Å²) >= 11 is 3.48. The summed E-state index contributed by atoms with van der Waals surface area (Å²) in [6.07, 6.45) is 6.89. The number of benzene rings is 1. The highest BCUT2D eigenvalue weighted by Gasteiger charge is 2.14. The van der Waals surface area contributed by atoms with E-state index in [0.29, 0.717) is 5.75 Å². The molecule has 1 amide bonds. The zero-order chi connectivity index (χ0) is 16.8. The molecule has 0 fully saturated rings. The molecule has 3 rings (SSSR count). The zero-order valence-electron chi connectivity index (χ0n) is 14.1. The van der Waals surface area contributed by atoms with Crippen molar-refractivity contribution in [1.82, 2.24) is 10.3 Å². The van der Waals surface area contributed by atoms with E-state index in [1.165, 1.54) is 45.3 Å². The van der Waals surface area contributed by atoms with E-state index in [-0.39, 0.29) is 5.91 Å². The van der Waals surface area contributed by atoms with Crippen LogP contribution in [-0.4, -0.2) is 23.2 Å². The van der Waals surface area contributed by atoms with Crippen LogP contribution < -0.4 is 5.32 Å². The van der Waals surface area contributed by atoms with E-state index in [1.54, 1.807) is 11.8 Å². The van der Waals surface area contributed by atoms with Crippen molar-refractivity contribution in [2.75, 3.05) is 12.3 Å². The smallest absolute Gasteiger partial charge is 0.230 e. The van der Waals surface area contributed by atoms with Gasteiger partial charge in [-0.1, -0.05) is 18.2 Å². The quantitative estimate of drug-likeness (QED) is 0.595. The van der Waals surface area contributed by atoms with Crippen molar-refractivity contribution >= 4 is 29.0 Å². The van der Waals surface area contributed by atoms with Crippen LogP contribution in [0.5, 0.6) is 0 Å². The van der Waals surface area contributed by atoms with Gasteiger partial charge in [0, 0.05) is 22.7 Å². The van der Waals surface area contributed by atoms with Crippen molar-refractivity contribution in [1.29, 1.82) is 0 Å². The van der Waals surface area contributed by atoms with Crippen molar-refractivity contribution in [2.45, 2.75) is 50.3 Å². The van der Waals surface area contributed by atoms with Crippen LogP contribution in [0.25, 0.3) is 0 Å². The highest BCUT2D eigenvalue weighted by Crippen LogP contribution is 2.27. The number of hydrogen-bond acceptors (Lipinski definition) is 4. The number of rotatable bonds is 7. The fourth-order valence-corrected chi connectivity index (χ4v) is 4.95. The summed E-state index contributed by atoms with van der Waals surface area (Å²) in [5.74, 6) is 0.595. The second kappa shape index (κ2) is 8.67. The topological polar surface area (TPSA) is 42.0 Å². The Balaban J connectivity index is 1.35. The second-order valence-corrected chi connectivity index (χ2v) is 8.38. The van der Waals surface area contributed by atoms with E-state index in [4.69, 9.17) is 4.98 Å². The third kappa shape index (κ3) is 4.84. The number of aryl methyl sites for hydroxylation is 4. The molecule has 0 saturated heterocycles. The third-order valence-corrected chi connectivity index (χ3v) is 6.62. The van der Waals surface area contributed by atoms with Gasteiger partial charge in [-0.25, -0.2) is 4.98 Å². The van der Waals surface area contributed by atoms with Crippen LogP contribution in [0.4, 0.5) is 0 Å². The lowest BCUT2D eigenvalue weighted by Gasteiger charge is -2.06. The molecular formula is C19H24N2OS2. The molecule has 1 heterocycles. The third-order valence-electron chi connectivity index (χ3n) is 4.23. The molecular weight excluding hydrogens is 336 g/mol. The molecule has 0 unspecified atom stereocenters. The molecule has 1 aromatic heterocycles. The Kier molecular flexibility index (Phi) is 6.32. The summed E-state index contributed by atoms with van der Waals surface area (Å²) in [6.45, 7) is 2.81. The monoisotopic (exact) mass is 360 g/mol. The number of nitrogens with zero attached hydrogens (tertiary/aromatic N) is 1. The summed E-state index contributed by atoms with van der Waals surface area (Å²) in [5, 5.41) is 4.26. The van der Waals surface area contributed by atoms with Crippen molar-refractivity contribution < 1.29 is 4.79 Å². The van der Waals surface area contributed by atoms with Gasteiger partial charge in [0.1, 0.15) is 0 Å². The van der Waals surface area contributed by atoms with Crippen LogP contribution in [0, 0.1) is 6.92 Å². The zero-order valence-corrected chi connectivity index (χ0v) is 15.8. The van der Waals surface area contributed by atoms with Gasteiger partial charge in [0.25, 0.3) is 0 Å². The van der Waals surface area contributed by atoms with Gasteiger partial charge in [-0.15, -0.1) is 23.1 Å². The molecule has 128 valence electrons. The Morgan fingerprint density at radius 1 is 1.29 bits per heavy atom. The maximum Gasteiger partial charge on any atom is 0.230 e. The number of amides is 1. The molecule has 0 aliphatic heterocycles. The second-order valence-electron chi connectivity index (χ2n) is 6.19. The number of thioether (sulfide) groups is 1. The number of thiazole rings is 1. The molecule has 1 aliphatic carbocycles. The Hall–Kier alpha value is -1.33. The van der Waals surface area contributed by atoms with Crippen molar-refractivity contribution in [3.63, 3.8) is 0 Å². The molecule has 0 atom stereocenters. The molecule has 24 heavy (non-hydrogen) atoms. The Labute approximate surface area is 152 Å². The molecule has 3 nitrogen and oxygen atoms in total. The lowest BCUT2D eigenvalue weighted by molar-refractivity contribution is -0.118. The summed E-state index contributed by atoms with van der Waals surface area (Å²) in [7, 11) is 0. The largest absolute Gasteiger partial charge is 0.355 e. The SMILES string of the molecule is Cc1ccccc1SCC(=O)NCCCc1nc2c(s1)CCCC2. The van der Waals surface area contributed by atoms with Crippen LogP contribution in [0.15, 0.2) is 29.2 Å². The number of fused-ring (bicyclic) bond motifs is 1. The van der Waals surface area contributed by atoms with Crippen LogP contribution in [0.1, 0.15) is 40.4 Å². The minimum Gasteiger partial charge on any atom is -0.355 e. The molecule has 1 aliphatic rings. The van der Waals surface area contributed by atoms with Gasteiger partial charge in [0.05, 0.1) is 16.5 Å². The average Bonchev–Trinajstić information content (AvgIpc) is 3.01. The van der Waals surface area contributed by atoms with Crippen molar-refractivity contribution in [3.05, 3.63) is 45.4 Å². The number of hydrogen-bond donors (Lipinski definition) is 1. The number of carbonyl (C=O) groups excluding carboxylic acids is 1. The van der Waals surface area contributed by atoms with Crippen molar-refractivity contribution in [2.24, 2.45) is 0 Å². The molecule has 0 radical (unpaired) electrons. The number of nitrogens with one attached hydrogen (secondary N) is 1. The molecule has 0 bridgehead atoms. The first-order chi connectivity index (χ1) is 11.7. The fraction of sp³-hybridized carbons (Fsp3) is 0.474. The average molecular weight is 361 g/mol. The Morgan fingerprint density at radius 3 is 2.96 bits per heavy atom. The van der Waals surface area contributed by atoms with Crippen LogP contribution >= 0.6 is 23.1 Å². The summed E-state index contributed by atoms with van der Waals surface area (Å²) in [6, 6.07) is 8.18. The van der Waals surface area contributed by atoms with Crippen molar-refractivity contribution in [3.8, 4) is 0 Å². The maximum atomic E-state index is 12.0. The molecule has 1 aromatic carbocycles. The first kappa shape index (κ1) is 17.5. The van der Waals surface area contributed by atoms with Gasteiger partial charge in [-0.2, -0.15) is 0 Å². The first-order valence-electron chi connectivity index (χ1n) is 8.65. The molecule has 5 heteroatoms. The van der Waals surface area contributed by atoms with E-state index in [1.807, 2.05) is 23.5 Å². The summed E-state index contributed by atoms with van der Waals surface area (Å²) in [5.41, 5.74) is 2.56. The van der Waals surface area contributed by atoms with E-state index >= 15 is 0 Å². The molecule has 0 saturated carbocycles. The highest BCUT2D eigenvalue weighted by atomic mass is 32.2. The van der Waals surface area contributed by atoms with Gasteiger partial charge in [0.2, 0.25) is 5.91 Å². The van der Waals surface area contributed by atoms with Gasteiger partial charge in [-0.3, -0.25) is 4.79 Å². The number of carbonyl (C=O) groups is 1. The predicted octanol–water partition coefficient (Wildman–Crippen LogP) is 4.17. The minimum atomic E-state index is 0.113. The molecule has 0 spiro atoms. The standard InChI is InChI=1S/C19H24N2OS2/c1-14-7-2-4-9-16(14)23-13-18(22)20-12-6-11-19-21-15-8-3-5-10-17(15)24-19/h2,4,7,9H,3,5-6,8,10-13H2,1H3,(H,20,22). The van der Waals surface area contributed by atoms with Gasteiger partial charge in [0.15, 0.2) is 0 Å². The summed E-state index contributed by atoms with van der Waals surface area (Å²) in [4.78, 5) is 19.4. The lowest BCUT2D eigenvalue weighted by atomic mass is 10.0. The van der Waals surface area contributed by atoms with Crippen LogP contribution in [-0.2, 0) is 24.1 Å². The van der Waals surface area contributed by atoms with Gasteiger partial charge < -0.3 is 5.32 Å². The summed E-state index contributed by atoms with van der Waals surface area (Å²) < 4.78 is 0. The number of aromatic nitrogens is 1. The maximum absolute atomic E-state index is 12.0. The predicted molar refractivity (Wildman–Crippen MR) is 102 cm³/mol. The van der Waals surface area contributed by atoms with E-state index in [0.717, 1.165) is 25.8 Å². The van der Waals surface area contributed by atoms with E-state index in [2.05, 4.69) is 24.4 Å². The fourth-order valence-electron chi connectivity index (χ4n) is 2.89. The normalized spacial score (nSPS) is 13.5. The Bertz CT molecular complexity index is 673. The van der Waals surface area contributed by atoms with Crippen LogP contribution in [0.3, 0.4) is 0 Å². The minimum absolute atomic E-state index is 0.113. The highest BCUT2D eigenvalue weighted by molar-refractivity contribution is 8.00. The van der Waals surface area contributed by atoms with Gasteiger partial charge >= 0.3 is 0 Å². The van der Waals surface area contributed by atoms with E-state index < -0.39 is 0 Å². The van der Waals surface area contributed by atoms with Crippen LogP contribution in [0.2, 0.25) is 0 Å². The first-order valence-corrected chi connectivity index (χ1v) is 10.4. The molecule has 2 aromatic rings.